The molecular formula is C25H22N4O3. The second kappa shape index (κ2) is 7.85. The third kappa shape index (κ3) is 3.47. The molecular weight excluding hydrogens is 404 g/mol. The molecule has 3 aromatic carbocycles. The minimum atomic E-state index is -0.812. The van der Waals surface area contributed by atoms with Crippen molar-refractivity contribution in [3.63, 3.8) is 0 Å². The van der Waals surface area contributed by atoms with Gasteiger partial charge in [-0.05, 0) is 49.4 Å². The van der Waals surface area contributed by atoms with Gasteiger partial charge in [-0.15, -0.1) is 0 Å². The molecule has 7 nitrogen and oxygen atoms in total. The minimum absolute atomic E-state index is 0.137. The second-order valence-electron chi connectivity index (χ2n) is 7.73. The fourth-order valence-electron chi connectivity index (χ4n) is 4.07. The lowest BCUT2D eigenvalue weighted by atomic mass is 10.1. The van der Waals surface area contributed by atoms with Gasteiger partial charge in [0.05, 0.1) is 23.3 Å². The Kier molecular flexibility index (Phi) is 4.86. The van der Waals surface area contributed by atoms with Gasteiger partial charge in [0.2, 0.25) is 5.91 Å². The maximum atomic E-state index is 13.0. The number of carbonyl (C=O) groups is 2. The van der Waals surface area contributed by atoms with Gasteiger partial charge < -0.3 is 15.0 Å². The zero-order chi connectivity index (χ0) is 22.2. The zero-order valence-corrected chi connectivity index (χ0v) is 17.8. The van der Waals surface area contributed by atoms with Crippen LogP contribution in [-0.4, -0.2) is 34.0 Å². The van der Waals surface area contributed by atoms with Crippen LogP contribution in [0.4, 0.5) is 11.4 Å². The van der Waals surface area contributed by atoms with Crippen molar-refractivity contribution in [2.45, 2.75) is 20.0 Å². The van der Waals surface area contributed by atoms with Crippen LogP contribution in [0.25, 0.3) is 16.7 Å². The fraction of sp³-hybridized carbons (Fsp3) is 0.160. The standard InChI is InChI=1S/C25H22N4O3/c1-16-26-20-14-18(12-13-21(20)29(16)19-8-4-3-5-9-19)27-25(31)24-15-28(17(2)30)22-10-6-7-11-23(22)32-24/h3-14,24H,15H2,1-2H3,(H,27,31). The monoisotopic (exact) mass is 426 g/mol. The number of aryl methyl sites for hydroxylation is 1. The van der Waals surface area contributed by atoms with Crippen molar-refractivity contribution < 1.29 is 14.3 Å². The van der Waals surface area contributed by atoms with E-state index >= 15 is 0 Å². The van der Waals surface area contributed by atoms with Crippen LogP contribution in [0.3, 0.4) is 0 Å². The van der Waals surface area contributed by atoms with Crippen LogP contribution >= 0.6 is 0 Å². The molecule has 2 heterocycles. The third-order valence-electron chi connectivity index (χ3n) is 5.55. The number of hydrogen-bond donors (Lipinski definition) is 1. The normalized spacial score (nSPS) is 15.2. The average Bonchev–Trinajstić information content (AvgIpc) is 3.13. The zero-order valence-electron chi connectivity index (χ0n) is 17.8. The van der Waals surface area contributed by atoms with Crippen LogP contribution < -0.4 is 15.0 Å². The highest BCUT2D eigenvalue weighted by Crippen LogP contribution is 2.33. The molecule has 0 saturated carbocycles. The number of nitrogens with zero attached hydrogens (tertiary/aromatic N) is 3. The second-order valence-corrected chi connectivity index (χ2v) is 7.73. The number of rotatable bonds is 3. The number of carbonyl (C=O) groups excluding carboxylic acids is 2. The number of para-hydroxylation sites is 3. The molecule has 1 atom stereocenters. The molecule has 2 amide bonds. The van der Waals surface area contributed by atoms with Crippen molar-refractivity contribution in [1.82, 2.24) is 9.55 Å². The predicted octanol–water partition coefficient (Wildman–Crippen LogP) is 4.09. The number of aromatic nitrogens is 2. The summed E-state index contributed by atoms with van der Waals surface area (Å²) in [5.74, 6) is 0.923. The van der Waals surface area contributed by atoms with Gasteiger partial charge >= 0.3 is 0 Å². The van der Waals surface area contributed by atoms with Gasteiger partial charge in [0, 0.05) is 18.3 Å². The molecule has 1 aromatic heterocycles. The predicted molar refractivity (Wildman–Crippen MR) is 123 cm³/mol. The van der Waals surface area contributed by atoms with E-state index in [9.17, 15) is 9.59 Å². The van der Waals surface area contributed by atoms with E-state index in [1.807, 2.05) is 73.7 Å². The van der Waals surface area contributed by atoms with Gasteiger partial charge in [0.25, 0.3) is 5.91 Å². The molecule has 32 heavy (non-hydrogen) atoms. The number of imidazole rings is 1. The largest absolute Gasteiger partial charge is 0.476 e. The highest BCUT2D eigenvalue weighted by Gasteiger charge is 2.32. The van der Waals surface area contributed by atoms with Crippen molar-refractivity contribution >= 4 is 34.2 Å². The van der Waals surface area contributed by atoms with Crippen LogP contribution in [0.1, 0.15) is 12.7 Å². The Morgan fingerprint density at radius 3 is 2.56 bits per heavy atom. The van der Waals surface area contributed by atoms with Crippen molar-refractivity contribution in [1.29, 1.82) is 0 Å². The van der Waals surface area contributed by atoms with Crippen molar-refractivity contribution in [2.24, 2.45) is 0 Å². The summed E-state index contributed by atoms with van der Waals surface area (Å²) in [4.78, 5) is 31.3. The summed E-state index contributed by atoms with van der Waals surface area (Å²) in [5, 5.41) is 2.91. The van der Waals surface area contributed by atoms with Crippen molar-refractivity contribution in [3.05, 3.63) is 78.6 Å². The molecule has 0 aliphatic carbocycles. The molecule has 7 heteroatoms. The number of hydrogen-bond acceptors (Lipinski definition) is 4. The quantitative estimate of drug-likeness (QED) is 0.535. The molecule has 0 radical (unpaired) electrons. The molecule has 0 spiro atoms. The number of ether oxygens (including phenoxy) is 1. The number of nitrogens with one attached hydrogen (secondary N) is 1. The summed E-state index contributed by atoms with van der Waals surface area (Å²) in [6.45, 7) is 3.59. The first kappa shape index (κ1) is 19.8. The molecule has 1 unspecified atom stereocenters. The summed E-state index contributed by atoms with van der Waals surface area (Å²) in [5.41, 5.74) is 4.06. The molecule has 1 N–H and O–H groups in total. The number of fused-ring (bicyclic) bond motifs is 2. The van der Waals surface area contributed by atoms with E-state index in [1.165, 1.54) is 6.92 Å². The van der Waals surface area contributed by atoms with E-state index in [1.54, 1.807) is 11.0 Å². The number of benzene rings is 3. The summed E-state index contributed by atoms with van der Waals surface area (Å²) in [7, 11) is 0. The summed E-state index contributed by atoms with van der Waals surface area (Å²) in [6.07, 6.45) is -0.812. The van der Waals surface area contributed by atoms with Crippen LogP contribution in [-0.2, 0) is 9.59 Å². The summed E-state index contributed by atoms with van der Waals surface area (Å²) in [6, 6.07) is 22.9. The van der Waals surface area contributed by atoms with Crippen LogP contribution in [0, 0.1) is 6.92 Å². The van der Waals surface area contributed by atoms with Gasteiger partial charge in [-0.3, -0.25) is 14.2 Å². The average molecular weight is 426 g/mol. The van der Waals surface area contributed by atoms with Crippen LogP contribution in [0.5, 0.6) is 5.75 Å². The fourth-order valence-corrected chi connectivity index (χ4v) is 4.07. The lowest BCUT2D eigenvalue weighted by molar-refractivity contribution is -0.123. The molecule has 0 bridgehead atoms. The topological polar surface area (TPSA) is 76.5 Å². The van der Waals surface area contributed by atoms with Crippen molar-refractivity contribution in [2.75, 3.05) is 16.8 Å². The Bertz CT molecular complexity index is 1330. The highest BCUT2D eigenvalue weighted by molar-refractivity contribution is 6.00. The first-order valence-corrected chi connectivity index (χ1v) is 10.4. The minimum Gasteiger partial charge on any atom is -0.476 e. The smallest absolute Gasteiger partial charge is 0.267 e. The lowest BCUT2D eigenvalue weighted by Gasteiger charge is -2.33. The first-order valence-electron chi connectivity index (χ1n) is 10.4. The molecule has 1 aliphatic heterocycles. The molecule has 160 valence electrons. The van der Waals surface area contributed by atoms with Gasteiger partial charge in [-0.1, -0.05) is 30.3 Å². The number of amides is 2. The van der Waals surface area contributed by atoms with Crippen molar-refractivity contribution in [3.8, 4) is 11.4 Å². The molecule has 0 fully saturated rings. The van der Waals surface area contributed by atoms with E-state index in [0.717, 1.165) is 22.5 Å². The van der Waals surface area contributed by atoms with Crippen LogP contribution in [0.2, 0.25) is 0 Å². The Hall–Kier alpha value is -4.13. The number of anilines is 2. The Morgan fingerprint density at radius 1 is 1.03 bits per heavy atom. The Balaban J connectivity index is 1.40. The first-order chi connectivity index (χ1) is 15.5. The Labute approximate surface area is 185 Å². The maximum absolute atomic E-state index is 13.0. The molecule has 5 rings (SSSR count). The highest BCUT2D eigenvalue weighted by atomic mass is 16.5. The van der Waals surface area contributed by atoms with E-state index in [4.69, 9.17) is 4.74 Å². The van der Waals surface area contributed by atoms with E-state index < -0.39 is 6.10 Å². The molecule has 0 saturated heterocycles. The third-order valence-corrected chi connectivity index (χ3v) is 5.55. The van der Waals surface area contributed by atoms with Crippen LogP contribution in [0.15, 0.2) is 72.8 Å². The van der Waals surface area contributed by atoms with Gasteiger partial charge in [0.15, 0.2) is 6.10 Å². The van der Waals surface area contributed by atoms with E-state index in [-0.39, 0.29) is 18.4 Å². The molecule has 4 aromatic rings. The Morgan fingerprint density at radius 2 is 1.78 bits per heavy atom. The maximum Gasteiger partial charge on any atom is 0.267 e. The lowest BCUT2D eigenvalue weighted by Crippen LogP contribution is -2.48. The van der Waals surface area contributed by atoms with Gasteiger partial charge in [-0.2, -0.15) is 0 Å². The van der Waals surface area contributed by atoms with E-state index in [0.29, 0.717) is 17.1 Å². The summed E-state index contributed by atoms with van der Waals surface area (Å²) >= 11 is 0. The SMILES string of the molecule is CC(=O)N1CC(C(=O)Nc2ccc3c(c2)nc(C)n3-c2ccccc2)Oc2ccccc21. The van der Waals surface area contributed by atoms with E-state index in [2.05, 4.69) is 14.9 Å². The van der Waals surface area contributed by atoms with Gasteiger partial charge in [0.1, 0.15) is 11.6 Å². The van der Waals surface area contributed by atoms with Gasteiger partial charge in [-0.25, -0.2) is 4.98 Å². The summed E-state index contributed by atoms with van der Waals surface area (Å²) < 4.78 is 7.97. The molecule has 1 aliphatic rings.